The van der Waals surface area contributed by atoms with Crippen LogP contribution in [0.3, 0.4) is 0 Å². The van der Waals surface area contributed by atoms with Gasteiger partial charge in [0.05, 0.1) is 17.7 Å². The molecule has 0 fully saturated rings. The Hall–Kier alpha value is -2.36. The van der Waals surface area contributed by atoms with Crippen LogP contribution in [0.4, 0.5) is 5.13 Å². The molecule has 3 N–H and O–H groups in total. The van der Waals surface area contributed by atoms with Gasteiger partial charge < -0.3 is 10.2 Å². The molecule has 1 aromatic heterocycles. The van der Waals surface area contributed by atoms with E-state index in [0.717, 1.165) is 4.88 Å². The van der Waals surface area contributed by atoms with Crippen molar-refractivity contribution < 1.29 is 15.0 Å². The van der Waals surface area contributed by atoms with E-state index >= 15 is 0 Å². The normalized spacial score (nSPS) is 9.65. The summed E-state index contributed by atoms with van der Waals surface area (Å²) < 4.78 is 0. The Morgan fingerprint density at radius 1 is 1.35 bits per heavy atom. The number of aliphatic hydroxyl groups excluding tert-OH is 1. The van der Waals surface area contributed by atoms with Gasteiger partial charge in [-0.25, -0.2) is 4.98 Å². The number of phenolic OH excluding ortho intramolecular Hbond substituents is 1. The van der Waals surface area contributed by atoms with Crippen LogP contribution in [0, 0.1) is 11.8 Å². The minimum atomic E-state index is -0.297. The molecule has 0 bridgehead atoms. The van der Waals surface area contributed by atoms with Crippen LogP contribution in [0.5, 0.6) is 5.75 Å². The second kappa shape index (κ2) is 6.70. The minimum absolute atomic E-state index is 0.0241. The lowest BCUT2D eigenvalue weighted by Gasteiger charge is -2.01. The van der Waals surface area contributed by atoms with Crippen LogP contribution < -0.4 is 5.32 Å². The summed E-state index contributed by atoms with van der Waals surface area (Å²) in [5.41, 5.74) is 0.436. The van der Waals surface area contributed by atoms with E-state index in [1.54, 1.807) is 6.20 Å². The first kappa shape index (κ1) is 14.1. The van der Waals surface area contributed by atoms with Crippen molar-refractivity contribution in [1.82, 2.24) is 4.98 Å². The number of benzene rings is 1. The smallest absolute Gasteiger partial charge is 0.257 e. The van der Waals surface area contributed by atoms with Gasteiger partial charge >= 0.3 is 0 Å². The van der Waals surface area contributed by atoms with E-state index in [1.807, 2.05) is 0 Å². The Balaban J connectivity index is 2.02. The maximum atomic E-state index is 11.9. The van der Waals surface area contributed by atoms with Gasteiger partial charge in [-0.15, -0.1) is 0 Å². The zero-order valence-electron chi connectivity index (χ0n) is 10.5. The monoisotopic (exact) mass is 288 g/mol. The number of aromatic hydroxyl groups is 1. The molecule has 1 heterocycles. The first-order valence-corrected chi connectivity index (χ1v) is 6.66. The highest BCUT2D eigenvalue weighted by Crippen LogP contribution is 2.18. The summed E-state index contributed by atoms with van der Waals surface area (Å²) >= 11 is 1.26. The molecule has 0 aliphatic carbocycles. The number of phenols is 1. The van der Waals surface area contributed by atoms with Gasteiger partial charge in [-0.2, -0.15) is 0 Å². The number of thiazole rings is 1. The average molecular weight is 288 g/mol. The van der Waals surface area contributed by atoms with Crippen LogP contribution >= 0.6 is 11.3 Å². The van der Waals surface area contributed by atoms with Gasteiger partial charge in [-0.1, -0.05) is 23.2 Å². The van der Waals surface area contributed by atoms with Crippen molar-refractivity contribution in [3.8, 4) is 17.6 Å². The summed E-state index contributed by atoms with van der Waals surface area (Å²) in [5.74, 6) is 5.45. The third kappa shape index (κ3) is 3.82. The molecule has 5 nitrogen and oxygen atoms in total. The third-order valence-electron chi connectivity index (χ3n) is 2.30. The molecule has 0 saturated carbocycles. The summed E-state index contributed by atoms with van der Waals surface area (Å²) in [6, 6.07) is 5.95. The van der Waals surface area contributed by atoms with Crippen molar-refractivity contribution in [2.75, 3.05) is 11.9 Å². The van der Waals surface area contributed by atoms with E-state index in [-0.39, 0.29) is 18.3 Å². The highest BCUT2D eigenvalue weighted by Gasteiger charge is 2.08. The summed E-state index contributed by atoms with van der Waals surface area (Å²) in [6.07, 6.45) is 1.98. The number of amides is 1. The molecule has 0 saturated heterocycles. The standard InChI is InChI=1S/C14H12N2O3S/c17-8-2-1-3-12-9-15-14(20-12)16-13(19)10-4-6-11(18)7-5-10/h4-7,9,17-18H,2,8H2,(H,15,16,19). The molecule has 1 amide bonds. The van der Waals surface area contributed by atoms with E-state index in [9.17, 15) is 4.79 Å². The van der Waals surface area contributed by atoms with E-state index in [4.69, 9.17) is 10.2 Å². The second-order valence-electron chi connectivity index (χ2n) is 3.81. The van der Waals surface area contributed by atoms with E-state index < -0.39 is 0 Å². The van der Waals surface area contributed by atoms with E-state index in [1.165, 1.54) is 35.6 Å². The number of rotatable bonds is 3. The van der Waals surface area contributed by atoms with Crippen molar-refractivity contribution in [2.24, 2.45) is 0 Å². The average Bonchev–Trinajstić information content (AvgIpc) is 2.87. The van der Waals surface area contributed by atoms with Crippen LogP contribution in [0.25, 0.3) is 0 Å². The first-order chi connectivity index (χ1) is 9.69. The predicted octanol–water partition coefficient (Wildman–Crippen LogP) is 1.83. The molecule has 0 unspecified atom stereocenters. The number of hydrogen-bond acceptors (Lipinski definition) is 5. The Bertz CT molecular complexity index is 653. The van der Waals surface area contributed by atoms with Crippen LogP contribution in [-0.2, 0) is 0 Å². The van der Waals surface area contributed by atoms with Crippen LogP contribution in [-0.4, -0.2) is 27.7 Å². The molecule has 6 heteroatoms. The molecule has 2 rings (SSSR count). The molecule has 1 aromatic carbocycles. The van der Waals surface area contributed by atoms with E-state index in [0.29, 0.717) is 17.1 Å². The van der Waals surface area contributed by atoms with Crippen molar-refractivity contribution in [3.63, 3.8) is 0 Å². The summed E-state index contributed by atoms with van der Waals surface area (Å²) in [7, 11) is 0. The molecular weight excluding hydrogens is 276 g/mol. The third-order valence-corrected chi connectivity index (χ3v) is 3.13. The Morgan fingerprint density at radius 3 is 2.80 bits per heavy atom. The van der Waals surface area contributed by atoms with Gasteiger partial charge in [0.2, 0.25) is 0 Å². The molecule has 102 valence electrons. The Kier molecular flexibility index (Phi) is 4.71. The molecule has 20 heavy (non-hydrogen) atoms. The van der Waals surface area contributed by atoms with Gasteiger partial charge in [0.1, 0.15) is 5.75 Å². The summed E-state index contributed by atoms with van der Waals surface area (Å²) in [6.45, 7) is 0.0241. The zero-order valence-corrected chi connectivity index (χ0v) is 11.3. The van der Waals surface area contributed by atoms with Crippen molar-refractivity contribution in [1.29, 1.82) is 0 Å². The Labute approximate surface area is 119 Å². The number of aliphatic hydroxyl groups is 1. The van der Waals surface area contributed by atoms with Gasteiger partial charge in [-0.05, 0) is 24.3 Å². The minimum Gasteiger partial charge on any atom is -0.508 e. The topological polar surface area (TPSA) is 82.5 Å². The van der Waals surface area contributed by atoms with Crippen LogP contribution in [0.15, 0.2) is 30.5 Å². The molecule has 0 aliphatic heterocycles. The van der Waals surface area contributed by atoms with Gasteiger partial charge in [0.25, 0.3) is 5.91 Å². The van der Waals surface area contributed by atoms with Gasteiger partial charge in [0, 0.05) is 12.0 Å². The molecular formula is C14H12N2O3S. The van der Waals surface area contributed by atoms with Gasteiger partial charge in [-0.3, -0.25) is 10.1 Å². The molecule has 0 atom stereocenters. The maximum absolute atomic E-state index is 11.9. The predicted molar refractivity (Wildman–Crippen MR) is 76.8 cm³/mol. The molecule has 2 aromatic rings. The number of nitrogens with zero attached hydrogens (tertiary/aromatic N) is 1. The lowest BCUT2D eigenvalue weighted by Crippen LogP contribution is -2.11. The number of anilines is 1. The van der Waals surface area contributed by atoms with Crippen LogP contribution in [0.1, 0.15) is 21.7 Å². The van der Waals surface area contributed by atoms with E-state index in [2.05, 4.69) is 22.1 Å². The fourth-order valence-corrected chi connectivity index (χ4v) is 2.06. The highest BCUT2D eigenvalue weighted by atomic mass is 32.1. The summed E-state index contributed by atoms with van der Waals surface area (Å²) in [4.78, 5) is 16.7. The fraction of sp³-hybridized carbons (Fsp3) is 0.143. The Morgan fingerprint density at radius 2 is 2.10 bits per heavy atom. The number of nitrogens with one attached hydrogen (secondary N) is 1. The maximum Gasteiger partial charge on any atom is 0.257 e. The number of hydrogen-bond donors (Lipinski definition) is 3. The summed E-state index contributed by atoms with van der Waals surface area (Å²) in [5, 5.41) is 20.9. The molecule has 0 aliphatic rings. The van der Waals surface area contributed by atoms with Gasteiger partial charge in [0.15, 0.2) is 5.13 Å². The number of aromatic nitrogens is 1. The second-order valence-corrected chi connectivity index (χ2v) is 4.84. The molecule has 0 radical (unpaired) electrons. The van der Waals surface area contributed by atoms with Crippen molar-refractivity contribution in [2.45, 2.75) is 6.42 Å². The number of carbonyl (C=O) groups excluding carboxylic acids is 1. The fourth-order valence-electron chi connectivity index (χ4n) is 1.38. The number of carbonyl (C=O) groups is 1. The quantitative estimate of drug-likeness (QED) is 0.753. The largest absolute Gasteiger partial charge is 0.508 e. The highest BCUT2D eigenvalue weighted by molar-refractivity contribution is 7.16. The first-order valence-electron chi connectivity index (χ1n) is 5.85. The zero-order chi connectivity index (χ0) is 14.4. The lowest BCUT2D eigenvalue weighted by molar-refractivity contribution is 0.102. The van der Waals surface area contributed by atoms with Crippen molar-refractivity contribution >= 4 is 22.4 Å². The molecule has 0 spiro atoms. The SMILES string of the molecule is O=C(Nc1ncc(C#CCCO)s1)c1ccc(O)cc1. The van der Waals surface area contributed by atoms with Crippen LogP contribution in [0.2, 0.25) is 0 Å². The van der Waals surface area contributed by atoms with Crippen molar-refractivity contribution in [3.05, 3.63) is 40.9 Å². The lowest BCUT2D eigenvalue weighted by atomic mass is 10.2.